The van der Waals surface area contributed by atoms with E-state index < -0.39 is 0 Å². The first kappa shape index (κ1) is 19.2. The molecule has 1 aromatic carbocycles. The summed E-state index contributed by atoms with van der Waals surface area (Å²) in [6, 6.07) is 5.66. The highest BCUT2D eigenvalue weighted by Crippen LogP contribution is 2.28. The highest BCUT2D eigenvalue weighted by Gasteiger charge is 2.09. The molecule has 0 saturated carbocycles. The Kier molecular flexibility index (Phi) is 7.80. The Bertz CT molecular complexity index is 604. The Balaban J connectivity index is 0.00000264. The van der Waals surface area contributed by atoms with Gasteiger partial charge in [-0.3, -0.25) is 0 Å². The van der Waals surface area contributed by atoms with E-state index in [1.807, 2.05) is 18.2 Å². The van der Waals surface area contributed by atoms with Crippen LogP contribution in [0.3, 0.4) is 0 Å². The topological polar surface area (TPSA) is 89.6 Å². The molecule has 7 nitrogen and oxygen atoms in total. The van der Waals surface area contributed by atoms with Crippen molar-refractivity contribution in [1.82, 2.24) is 15.5 Å². The van der Waals surface area contributed by atoms with E-state index in [9.17, 15) is 5.11 Å². The van der Waals surface area contributed by atoms with Crippen molar-refractivity contribution in [3.63, 3.8) is 0 Å². The average molecular weight is 344 g/mol. The van der Waals surface area contributed by atoms with Crippen molar-refractivity contribution in [3.8, 4) is 11.5 Å². The second-order valence-corrected chi connectivity index (χ2v) is 4.99. The molecule has 0 aliphatic carbocycles. The maximum atomic E-state index is 9.23. The van der Waals surface area contributed by atoms with E-state index in [0.717, 1.165) is 5.56 Å². The van der Waals surface area contributed by atoms with E-state index >= 15 is 0 Å². The summed E-state index contributed by atoms with van der Waals surface area (Å²) in [6.45, 7) is 4.87. The van der Waals surface area contributed by atoms with E-state index in [4.69, 9.17) is 14.0 Å². The number of methoxy groups -OCH3 is 1. The van der Waals surface area contributed by atoms with Gasteiger partial charge in [0.05, 0.1) is 13.2 Å². The second kappa shape index (κ2) is 9.34. The second-order valence-electron chi connectivity index (χ2n) is 4.99. The molecule has 0 aliphatic rings. The minimum absolute atomic E-state index is 0. The minimum Gasteiger partial charge on any atom is -0.493 e. The number of aliphatic hydroxyl groups excluding tert-OH is 1. The summed E-state index contributed by atoms with van der Waals surface area (Å²) in [5.41, 5.74) is 1.04. The van der Waals surface area contributed by atoms with Crippen molar-refractivity contribution in [3.05, 3.63) is 35.5 Å². The van der Waals surface area contributed by atoms with Crippen LogP contribution >= 0.6 is 12.4 Å². The van der Waals surface area contributed by atoms with Gasteiger partial charge in [0, 0.05) is 13.1 Å². The van der Waals surface area contributed by atoms with Crippen LogP contribution in [0.1, 0.15) is 24.2 Å². The van der Waals surface area contributed by atoms with Gasteiger partial charge in [0.1, 0.15) is 0 Å². The van der Waals surface area contributed by atoms with Crippen LogP contribution in [0.25, 0.3) is 0 Å². The number of benzene rings is 1. The molecule has 8 heteroatoms. The molecule has 0 saturated heterocycles. The molecule has 2 rings (SSSR count). The number of nitrogens with zero attached hydrogens (tertiary/aromatic N) is 2. The molecule has 1 heterocycles. The number of aliphatic hydroxyl groups is 1. The van der Waals surface area contributed by atoms with Crippen LogP contribution in [-0.2, 0) is 13.2 Å². The molecule has 2 aromatic rings. The van der Waals surface area contributed by atoms with Crippen molar-refractivity contribution in [2.45, 2.75) is 33.1 Å². The number of ether oxygens (including phenoxy) is 2. The van der Waals surface area contributed by atoms with Crippen LogP contribution in [-0.4, -0.2) is 35.0 Å². The van der Waals surface area contributed by atoms with Crippen molar-refractivity contribution in [2.75, 3.05) is 13.7 Å². The van der Waals surface area contributed by atoms with Gasteiger partial charge in [-0.25, -0.2) is 0 Å². The number of hydrogen-bond acceptors (Lipinski definition) is 7. The molecule has 0 spiro atoms. The lowest BCUT2D eigenvalue weighted by atomic mass is 10.2. The lowest BCUT2D eigenvalue weighted by Gasteiger charge is -2.12. The van der Waals surface area contributed by atoms with Crippen molar-refractivity contribution in [1.29, 1.82) is 0 Å². The summed E-state index contributed by atoms with van der Waals surface area (Å²) in [5.74, 6) is 2.23. The van der Waals surface area contributed by atoms with Crippen LogP contribution < -0.4 is 14.8 Å². The standard InChI is InChI=1S/C15H21N3O4.ClH/c1-10(19)7-16-8-12-4-5-13(14(6-12)20-3)21-9-15-17-11(2)18-22-15;/h4-6,10,16,19H,7-9H2,1-3H3;1H. The Labute approximate surface area is 141 Å². The van der Waals surface area contributed by atoms with E-state index in [0.29, 0.717) is 36.3 Å². The number of halogens is 1. The maximum absolute atomic E-state index is 9.23. The summed E-state index contributed by atoms with van der Waals surface area (Å²) in [5, 5.41) is 16.1. The number of hydrogen-bond donors (Lipinski definition) is 2. The molecule has 0 fully saturated rings. The smallest absolute Gasteiger partial charge is 0.264 e. The third-order valence-electron chi connectivity index (χ3n) is 2.92. The Hall–Kier alpha value is -1.83. The first-order valence-electron chi connectivity index (χ1n) is 7.06. The van der Waals surface area contributed by atoms with Crippen molar-refractivity contribution >= 4 is 12.4 Å². The van der Waals surface area contributed by atoms with Gasteiger partial charge in [-0.1, -0.05) is 11.2 Å². The normalized spacial score (nSPS) is 11.7. The zero-order valence-corrected chi connectivity index (χ0v) is 14.2. The molecular formula is C15H22ClN3O4. The molecule has 1 atom stereocenters. The zero-order valence-electron chi connectivity index (χ0n) is 13.4. The minimum atomic E-state index is -0.373. The van der Waals surface area contributed by atoms with Crippen molar-refractivity contribution < 1.29 is 19.1 Å². The fraction of sp³-hybridized carbons (Fsp3) is 0.467. The van der Waals surface area contributed by atoms with Gasteiger partial charge in [0.25, 0.3) is 5.89 Å². The summed E-state index contributed by atoms with van der Waals surface area (Å²) < 4.78 is 16.0. The largest absolute Gasteiger partial charge is 0.493 e. The third kappa shape index (κ3) is 6.05. The summed E-state index contributed by atoms with van der Waals surface area (Å²) >= 11 is 0. The monoisotopic (exact) mass is 343 g/mol. The Morgan fingerprint density at radius 1 is 1.35 bits per heavy atom. The molecule has 0 bridgehead atoms. The van der Waals surface area contributed by atoms with Crippen LogP contribution in [0.15, 0.2) is 22.7 Å². The third-order valence-corrected chi connectivity index (χ3v) is 2.92. The van der Waals surface area contributed by atoms with Crippen LogP contribution in [0.4, 0.5) is 0 Å². The Morgan fingerprint density at radius 3 is 2.74 bits per heavy atom. The first-order chi connectivity index (χ1) is 10.6. The Morgan fingerprint density at radius 2 is 2.13 bits per heavy atom. The summed E-state index contributed by atoms with van der Waals surface area (Å²) in [4.78, 5) is 4.08. The van der Waals surface area contributed by atoms with Gasteiger partial charge < -0.3 is 24.4 Å². The molecule has 23 heavy (non-hydrogen) atoms. The molecule has 128 valence electrons. The zero-order chi connectivity index (χ0) is 15.9. The SMILES string of the molecule is COc1cc(CNCC(C)O)ccc1OCc1nc(C)no1.Cl. The predicted octanol–water partition coefficient (Wildman–Crippen LogP) is 1.86. The maximum Gasteiger partial charge on any atom is 0.264 e. The van der Waals surface area contributed by atoms with Gasteiger partial charge in [-0.2, -0.15) is 4.98 Å². The van der Waals surface area contributed by atoms with E-state index in [2.05, 4.69) is 15.5 Å². The molecular weight excluding hydrogens is 322 g/mol. The number of aromatic nitrogens is 2. The molecule has 0 amide bonds. The molecule has 0 radical (unpaired) electrons. The van der Waals surface area contributed by atoms with E-state index in [-0.39, 0.29) is 25.1 Å². The average Bonchev–Trinajstić information content (AvgIpc) is 2.91. The van der Waals surface area contributed by atoms with Gasteiger partial charge in [-0.05, 0) is 31.5 Å². The van der Waals surface area contributed by atoms with E-state index in [1.54, 1.807) is 21.0 Å². The molecule has 1 aromatic heterocycles. The number of rotatable bonds is 8. The van der Waals surface area contributed by atoms with Crippen LogP contribution in [0.2, 0.25) is 0 Å². The van der Waals surface area contributed by atoms with Gasteiger partial charge in [-0.15, -0.1) is 12.4 Å². The van der Waals surface area contributed by atoms with Crippen LogP contribution in [0.5, 0.6) is 11.5 Å². The van der Waals surface area contributed by atoms with E-state index in [1.165, 1.54) is 0 Å². The first-order valence-corrected chi connectivity index (χ1v) is 7.06. The van der Waals surface area contributed by atoms with Gasteiger partial charge in [0.15, 0.2) is 23.9 Å². The number of nitrogens with one attached hydrogen (secondary N) is 1. The highest BCUT2D eigenvalue weighted by molar-refractivity contribution is 5.85. The summed E-state index contributed by atoms with van der Waals surface area (Å²) in [7, 11) is 1.59. The quantitative estimate of drug-likeness (QED) is 0.756. The number of aryl methyl sites for hydroxylation is 1. The van der Waals surface area contributed by atoms with Gasteiger partial charge in [0.2, 0.25) is 0 Å². The van der Waals surface area contributed by atoms with Crippen LogP contribution in [0, 0.1) is 6.92 Å². The highest BCUT2D eigenvalue weighted by atomic mass is 35.5. The summed E-state index contributed by atoms with van der Waals surface area (Å²) in [6.07, 6.45) is -0.373. The predicted molar refractivity (Wildman–Crippen MR) is 87.0 cm³/mol. The fourth-order valence-corrected chi connectivity index (χ4v) is 1.90. The fourth-order valence-electron chi connectivity index (χ4n) is 1.90. The lowest BCUT2D eigenvalue weighted by molar-refractivity contribution is 0.191. The van der Waals surface area contributed by atoms with Crippen molar-refractivity contribution in [2.24, 2.45) is 0 Å². The molecule has 2 N–H and O–H groups in total. The van der Waals surface area contributed by atoms with Gasteiger partial charge >= 0.3 is 0 Å². The molecule has 0 aliphatic heterocycles. The lowest BCUT2D eigenvalue weighted by Crippen LogP contribution is -2.23. The molecule has 1 unspecified atom stereocenters.